The Labute approximate surface area is 168 Å². The number of carbonyl (C=O) groups excluding carboxylic acids is 3. The summed E-state index contributed by atoms with van der Waals surface area (Å²) in [6.45, 7) is 0. The number of benzene rings is 3. The SMILES string of the molecule is O=C(C=Cc1ccccc1)NNC(=O)c1ccc(NC(=O)c2ccccc2)cc1. The van der Waals surface area contributed by atoms with Crippen molar-refractivity contribution in [2.24, 2.45) is 0 Å². The van der Waals surface area contributed by atoms with Gasteiger partial charge >= 0.3 is 0 Å². The molecule has 3 aromatic carbocycles. The molecule has 0 saturated carbocycles. The average Bonchev–Trinajstić information content (AvgIpc) is 2.78. The van der Waals surface area contributed by atoms with Crippen molar-refractivity contribution in [3.63, 3.8) is 0 Å². The van der Waals surface area contributed by atoms with Gasteiger partial charge in [-0.2, -0.15) is 0 Å². The number of hydrazine groups is 1. The summed E-state index contributed by atoms with van der Waals surface area (Å²) in [6.07, 6.45) is 2.98. The number of rotatable bonds is 5. The zero-order valence-electron chi connectivity index (χ0n) is 15.5. The van der Waals surface area contributed by atoms with Crippen molar-refractivity contribution in [2.45, 2.75) is 0 Å². The smallest absolute Gasteiger partial charge is 0.269 e. The van der Waals surface area contributed by atoms with Crippen molar-refractivity contribution in [1.29, 1.82) is 0 Å². The van der Waals surface area contributed by atoms with Gasteiger partial charge < -0.3 is 5.32 Å². The Morgan fingerprint density at radius 3 is 1.86 bits per heavy atom. The summed E-state index contributed by atoms with van der Waals surface area (Å²) in [5, 5.41) is 2.76. The van der Waals surface area contributed by atoms with Crippen molar-refractivity contribution in [3.8, 4) is 0 Å². The molecule has 0 aliphatic rings. The molecular weight excluding hydrogens is 366 g/mol. The van der Waals surface area contributed by atoms with E-state index in [9.17, 15) is 14.4 Å². The van der Waals surface area contributed by atoms with Crippen molar-refractivity contribution in [3.05, 3.63) is 108 Å². The van der Waals surface area contributed by atoms with Crippen molar-refractivity contribution in [1.82, 2.24) is 10.9 Å². The van der Waals surface area contributed by atoms with E-state index < -0.39 is 11.8 Å². The van der Waals surface area contributed by atoms with Crippen molar-refractivity contribution < 1.29 is 14.4 Å². The summed E-state index contributed by atoms with van der Waals surface area (Å²) in [5.41, 5.74) is 6.99. The molecule has 6 heteroatoms. The number of hydrogen-bond acceptors (Lipinski definition) is 3. The molecule has 6 nitrogen and oxygen atoms in total. The zero-order valence-corrected chi connectivity index (χ0v) is 15.5. The van der Waals surface area contributed by atoms with Gasteiger partial charge in [-0.05, 0) is 48.0 Å². The molecule has 0 radical (unpaired) electrons. The largest absolute Gasteiger partial charge is 0.322 e. The van der Waals surface area contributed by atoms with Gasteiger partial charge in [0.05, 0.1) is 0 Å². The van der Waals surface area contributed by atoms with Crippen LogP contribution in [0.3, 0.4) is 0 Å². The highest BCUT2D eigenvalue weighted by Crippen LogP contribution is 2.11. The molecule has 0 spiro atoms. The Morgan fingerprint density at radius 2 is 1.21 bits per heavy atom. The Hall–Kier alpha value is -4.19. The van der Waals surface area contributed by atoms with Gasteiger partial charge in [0.25, 0.3) is 17.7 Å². The fourth-order valence-corrected chi connectivity index (χ4v) is 2.47. The molecule has 0 atom stereocenters. The van der Waals surface area contributed by atoms with Crippen molar-refractivity contribution >= 4 is 29.5 Å². The first-order valence-corrected chi connectivity index (χ1v) is 8.92. The van der Waals surface area contributed by atoms with Crippen LogP contribution in [0.5, 0.6) is 0 Å². The van der Waals surface area contributed by atoms with Crippen molar-refractivity contribution in [2.75, 3.05) is 5.32 Å². The molecule has 0 aliphatic heterocycles. The summed E-state index contributed by atoms with van der Waals surface area (Å²) in [4.78, 5) is 36.1. The van der Waals surface area contributed by atoms with E-state index in [4.69, 9.17) is 0 Å². The van der Waals surface area contributed by atoms with Crippen LogP contribution in [0.15, 0.2) is 91.0 Å². The fourth-order valence-electron chi connectivity index (χ4n) is 2.47. The highest BCUT2D eigenvalue weighted by molar-refractivity contribution is 6.04. The van der Waals surface area contributed by atoms with Crippen LogP contribution in [0.4, 0.5) is 5.69 Å². The van der Waals surface area contributed by atoms with Gasteiger partial charge in [0.2, 0.25) is 0 Å². The quantitative estimate of drug-likeness (QED) is 0.465. The minimum absolute atomic E-state index is 0.236. The second-order valence-corrected chi connectivity index (χ2v) is 6.08. The molecular formula is C23H19N3O3. The summed E-state index contributed by atoms with van der Waals surface area (Å²) in [6, 6.07) is 24.5. The normalized spacial score (nSPS) is 10.3. The standard InChI is InChI=1S/C23H19N3O3/c27-21(16-11-17-7-3-1-4-8-17)25-26-23(29)19-12-14-20(15-13-19)24-22(28)18-9-5-2-6-10-18/h1-16H,(H,24,28)(H,25,27)(H,26,29). The van der Waals surface area contributed by atoms with Gasteiger partial charge in [-0.15, -0.1) is 0 Å². The molecule has 3 N–H and O–H groups in total. The van der Waals surface area contributed by atoms with E-state index in [-0.39, 0.29) is 5.91 Å². The first kappa shape index (κ1) is 19.6. The third kappa shape index (κ3) is 5.90. The maximum atomic E-state index is 12.1. The second kappa shape index (κ2) is 9.66. The molecule has 3 amide bonds. The summed E-state index contributed by atoms with van der Waals surface area (Å²) in [7, 11) is 0. The molecule has 0 fully saturated rings. The average molecular weight is 385 g/mol. The Kier molecular flexibility index (Phi) is 6.52. The van der Waals surface area contributed by atoms with E-state index in [1.165, 1.54) is 6.08 Å². The van der Waals surface area contributed by atoms with E-state index >= 15 is 0 Å². The van der Waals surface area contributed by atoms with E-state index in [2.05, 4.69) is 16.2 Å². The zero-order chi connectivity index (χ0) is 20.5. The summed E-state index contributed by atoms with van der Waals surface area (Å²) in [5.74, 6) is -1.15. The molecule has 0 saturated heterocycles. The maximum absolute atomic E-state index is 12.1. The third-order valence-electron chi connectivity index (χ3n) is 3.97. The minimum atomic E-state index is -0.465. The Balaban J connectivity index is 1.50. The van der Waals surface area contributed by atoms with Crippen LogP contribution in [0.25, 0.3) is 6.08 Å². The predicted molar refractivity (Wildman–Crippen MR) is 112 cm³/mol. The van der Waals surface area contributed by atoms with E-state index in [1.54, 1.807) is 54.6 Å². The lowest BCUT2D eigenvalue weighted by molar-refractivity contribution is -0.117. The molecule has 0 aliphatic carbocycles. The van der Waals surface area contributed by atoms with Crippen LogP contribution in [-0.2, 0) is 4.79 Å². The monoisotopic (exact) mass is 385 g/mol. The Morgan fingerprint density at radius 1 is 0.621 bits per heavy atom. The minimum Gasteiger partial charge on any atom is -0.322 e. The van der Waals surface area contributed by atoms with E-state index in [1.807, 2.05) is 36.4 Å². The highest BCUT2D eigenvalue weighted by atomic mass is 16.2. The highest BCUT2D eigenvalue weighted by Gasteiger charge is 2.08. The third-order valence-corrected chi connectivity index (χ3v) is 3.97. The van der Waals surface area contributed by atoms with Crippen LogP contribution >= 0.6 is 0 Å². The molecule has 0 bridgehead atoms. The van der Waals surface area contributed by atoms with Gasteiger partial charge in [-0.1, -0.05) is 48.5 Å². The number of anilines is 1. The topological polar surface area (TPSA) is 87.3 Å². The van der Waals surface area contributed by atoms with Gasteiger partial charge in [0.15, 0.2) is 0 Å². The van der Waals surface area contributed by atoms with Crippen LogP contribution in [0.1, 0.15) is 26.3 Å². The molecule has 144 valence electrons. The number of nitrogens with one attached hydrogen (secondary N) is 3. The summed E-state index contributed by atoms with van der Waals surface area (Å²) < 4.78 is 0. The van der Waals surface area contributed by atoms with Gasteiger partial charge in [-0.3, -0.25) is 25.2 Å². The first-order valence-electron chi connectivity index (χ1n) is 8.92. The lowest BCUT2D eigenvalue weighted by Gasteiger charge is -2.08. The van der Waals surface area contributed by atoms with Gasteiger partial charge in [0, 0.05) is 22.9 Å². The molecule has 29 heavy (non-hydrogen) atoms. The lowest BCUT2D eigenvalue weighted by atomic mass is 10.1. The van der Waals surface area contributed by atoms with E-state index in [0.717, 1.165) is 5.56 Å². The number of carbonyl (C=O) groups is 3. The maximum Gasteiger partial charge on any atom is 0.269 e. The molecule has 0 unspecified atom stereocenters. The number of hydrogen-bond donors (Lipinski definition) is 3. The van der Waals surface area contributed by atoms with Crippen LogP contribution in [-0.4, -0.2) is 17.7 Å². The van der Waals surface area contributed by atoms with Crippen LogP contribution in [0.2, 0.25) is 0 Å². The fraction of sp³-hybridized carbons (Fsp3) is 0. The second-order valence-electron chi connectivity index (χ2n) is 6.08. The number of amides is 3. The van der Waals surface area contributed by atoms with Crippen LogP contribution in [0, 0.1) is 0 Å². The molecule has 3 aromatic rings. The predicted octanol–water partition coefficient (Wildman–Crippen LogP) is 3.41. The van der Waals surface area contributed by atoms with E-state index in [0.29, 0.717) is 16.8 Å². The Bertz CT molecular complexity index is 1010. The molecule has 0 aromatic heterocycles. The molecule has 3 rings (SSSR count). The van der Waals surface area contributed by atoms with Gasteiger partial charge in [-0.25, -0.2) is 0 Å². The summed E-state index contributed by atoms with van der Waals surface area (Å²) >= 11 is 0. The first-order chi connectivity index (χ1) is 14.1. The van der Waals surface area contributed by atoms with Crippen LogP contribution < -0.4 is 16.2 Å². The van der Waals surface area contributed by atoms with Gasteiger partial charge in [0.1, 0.15) is 0 Å². The lowest BCUT2D eigenvalue weighted by Crippen LogP contribution is -2.40. The molecule has 0 heterocycles.